The molecule has 19 N–H and O–H groups in total. The number of nitroso groups, excluding NO2 is 2. The van der Waals surface area contributed by atoms with Crippen molar-refractivity contribution in [3.05, 3.63) is 136 Å². The summed E-state index contributed by atoms with van der Waals surface area (Å²) in [7, 11) is 0. The number of hydrogen-bond donors (Lipinski definition) is 17. The van der Waals surface area contributed by atoms with Gasteiger partial charge in [0.25, 0.3) is 0 Å². The molecule has 0 aliphatic carbocycles. The number of benzene rings is 3. The third-order valence-corrected chi connectivity index (χ3v) is 21.8. The number of nitrogens with two attached hydrogens (primary N) is 2. The second-order valence-electron chi connectivity index (χ2n) is 32.6. The topological polar surface area (TPSA) is 527 Å². The van der Waals surface area contributed by atoms with Crippen LogP contribution in [-0.2, 0) is 73.6 Å². The molecule has 1 aliphatic heterocycles. The summed E-state index contributed by atoms with van der Waals surface area (Å²) in [5.74, 6) is -9.54. The maximum atomic E-state index is 15.4. The number of nitrogens with one attached hydrogen (secondary N) is 13. The van der Waals surface area contributed by atoms with E-state index in [-0.39, 0.29) is 94.5 Å². The number of likely N-dealkylation sites (tertiary alicyclic amines) is 1. The van der Waals surface area contributed by atoms with Gasteiger partial charge in [0.15, 0.2) is 5.96 Å². The molecule has 0 bridgehead atoms. The van der Waals surface area contributed by atoms with Crippen molar-refractivity contribution in [3.8, 4) is 16.9 Å². The quantitative estimate of drug-likeness (QED) is 0.0113. The molecule has 3 aromatic carbocycles. The fraction of sp³-hybridized carbons (Fsp3) is 0.578. The standard InChI is InChI=1S/C83H125N21O14/c1-13-51(6)71(101-75(110)64(41-56-25-29-61(105)30-26-56)97-77(112)70(50(4)5)100-72(107)62(21-17-34-89-81(84)85)94-69(106)46-86-35-31-54(32-36-92-82(9,10)52(7)102-117)33-37-93-83(11,12)53(8)103-118)78(113)98-66(43-60-45-88-48-91-60)79(114)104-38-18-22-68(104)76(111)96-63(40-55-23-27-58(28-24-55)57-19-15-14-16-20-57)73(108)95-65(42-59-44-87-47-90-59)74(109)99-67(80(115)116)39-49(2)3/h14-16,19-20,23-30,44-45,47-54,62-68,70-71,86,92-93,105H,13,17-18,21-22,31-43,46H2,1-12H3,(H,87,90)(H,88,91)(H,94,106)(H,95,108)(H,96,111)(H,97,112)(H,98,113)(H,99,109)(H,100,107)(H,101,110)(H,115,116)(H4,84,85,89)/t51?,52?,53?,54?,62-,63-,64-,65-,66-,67-,68-,70-,71-/m0/s1. The normalized spacial score (nSPS) is 16.0. The predicted octanol–water partition coefficient (Wildman–Crippen LogP) is 3.95. The second-order valence-corrected chi connectivity index (χ2v) is 32.6. The molecule has 646 valence electrons. The number of H-pyrrole nitrogens is 2. The first-order valence-corrected chi connectivity index (χ1v) is 40.8. The van der Waals surface area contributed by atoms with Crippen molar-refractivity contribution in [2.24, 2.45) is 50.5 Å². The van der Waals surface area contributed by atoms with Gasteiger partial charge in [-0.2, -0.15) is 9.81 Å². The van der Waals surface area contributed by atoms with Gasteiger partial charge >= 0.3 is 5.97 Å². The minimum absolute atomic E-state index is 0.0322. The van der Waals surface area contributed by atoms with Crippen LogP contribution in [0, 0.1) is 33.5 Å². The summed E-state index contributed by atoms with van der Waals surface area (Å²) in [5, 5.41) is 59.3. The van der Waals surface area contributed by atoms with E-state index < -0.39 is 149 Å². The van der Waals surface area contributed by atoms with Gasteiger partial charge in [-0.1, -0.05) is 125 Å². The van der Waals surface area contributed by atoms with Crippen LogP contribution in [0.1, 0.15) is 163 Å². The van der Waals surface area contributed by atoms with E-state index >= 15 is 19.2 Å². The lowest BCUT2D eigenvalue weighted by Gasteiger charge is -2.32. The Bertz CT molecular complexity index is 4040. The van der Waals surface area contributed by atoms with E-state index in [1.54, 1.807) is 79.7 Å². The Labute approximate surface area is 690 Å². The average molecular weight is 1640 g/mol. The number of amides is 9. The van der Waals surface area contributed by atoms with Gasteiger partial charge in [-0.25, -0.2) is 14.8 Å². The molecule has 0 saturated carbocycles. The van der Waals surface area contributed by atoms with Gasteiger partial charge in [0.2, 0.25) is 53.2 Å². The molecule has 6 rings (SSSR count). The number of aromatic nitrogens is 4. The van der Waals surface area contributed by atoms with Gasteiger partial charge in [0.05, 0.1) is 19.2 Å². The highest BCUT2D eigenvalue weighted by molar-refractivity contribution is 5.99. The summed E-state index contributed by atoms with van der Waals surface area (Å²) in [4.78, 5) is 188. The van der Waals surface area contributed by atoms with Crippen molar-refractivity contribution in [2.75, 3.05) is 39.3 Å². The number of carboxylic acid groups (broad SMARTS) is 1. The minimum Gasteiger partial charge on any atom is -0.508 e. The fourth-order valence-electron chi connectivity index (χ4n) is 13.6. The summed E-state index contributed by atoms with van der Waals surface area (Å²) < 4.78 is 0. The first kappa shape index (κ1) is 95.8. The van der Waals surface area contributed by atoms with Crippen molar-refractivity contribution in [2.45, 2.75) is 244 Å². The van der Waals surface area contributed by atoms with E-state index in [0.717, 1.165) is 11.1 Å². The zero-order valence-electron chi connectivity index (χ0n) is 70.0. The molecule has 35 heteroatoms. The molecule has 9 amide bonds. The maximum Gasteiger partial charge on any atom is 0.326 e. The SMILES string of the molecule is CCC(C)[C@H](NC(=O)[C@H](Cc1ccc(O)cc1)NC(=O)[C@@H](NC(=O)[C@H](CCCN=C(N)N)NC(=O)CNCCC(CCNC(C)(C)C(C)N=O)CCNC(C)(C)C(C)N=O)C(C)C)C(=O)N[C@@H](Cc1cnc[nH]1)C(=O)N1CCC[C@H]1C(=O)N[C@@H](Cc1ccc(-c2ccccc2)cc1)C(=O)N[C@@H](Cc1cnc[nH]1)C(=O)N[C@@H](CC(C)C)C(=O)O. The third kappa shape index (κ3) is 31.1. The molecule has 0 radical (unpaired) electrons. The number of aromatic amines is 2. The van der Waals surface area contributed by atoms with E-state index in [9.17, 15) is 48.8 Å². The summed E-state index contributed by atoms with van der Waals surface area (Å²) in [5.41, 5.74) is 13.9. The number of aromatic hydroxyl groups is 1. The van der Waals surface area contributed by atoms with E-state index in [4.69, 9.17) is 11.5 Å². The molecular weight excluding hydrogens is 1520 g/mol. The number of phenolic OH excluding ortho intramolecular Hbond substituents is 1. The number of hydrogen-bond acceptors (Lipinski definition) is 21. The fourth-order valence-corrected chi connectivity index (χ4v) is 13.6. The highest BCUT2D eigenvalue weighted by Gasteiger charge is 2.42. The van der Waals surface area contributed by atoms with Crippen LogP contribution in [0.25, 0.3) is 11.1 Å². The number of guanidine groups is 1. The van der Waals surface area contributed by atoms with Crippen LogP contribution in [0.15, 0.2) is 119 Å². The van der Waals surface area contributed by atoms with Gasteiger partial charge in [-0.05, 0) is 171 Å². The zero-order chi connectivity index (χ0) is 86.8. The second kappa shape index (κ2) is 47.4. The van der Waals surface area contributed by atoms with Crippen LogP contribution < -0.4 is 70.0 Å². The first-order valence-electron chi connectivity index (χ1n) is 40.8. The molecule has 3 heterocycles. The summed E-state index contributed by atoms with van der Waals surface area (Å²) in [6.07, 6.45) is 8.25. The van der Waals surface area contributed by atoms with Crippen molar-refractivity contribution in [3.63, 3.8) is 0 Å². The molecule has 1 aliphatic rings. The Morgan fingerprint density at radius 1 is 0.568 bits per heavy atom. The van der Waals surface area contributed by atoms with E-state index in [2.05, 4.69) is 93.8 Å². The summed E-state index contributed by atoms with van der Waals surface area (Å²) >= 11 is 0. The molecule has 12 atom stereocenters. The Balaban J connectivity index is 1.21. The Kier molecular flexibility index (Phi) is 38.4. The van der Waals surface area contributed by atoms with Gasteiger partial charge in [0, 0.05) is 73.6 Å². The van der Waals surface area contributed by atoms with Crippen LogP contribution in [0.4, 0.5) is 0 Å². The minimum atomic E-state index is -1.46. The Morgan fingerprint density at radius 3 is 1.58 bits per heavy atom. The van der Waals surface area contributed by atoms with Crippen molar-refractivity contribution >= 4 is 65.1 Å². The largest absolute Gasteiger partial charge is 0.508 e. The van der Waals surface area contributed by atoms with Gasteiger partial charge < -0.3 is 95.0 Å². The van der Waals surface area contributed by atoms with Gasteiger partial charge in [-0.3, -0.25) is 48.1 Å². The van der Waals surface area contributed by atoms with Crippen LogP contribution in [0.3, 0.4) is 0 Å². The van der Waals surface area contributed by atoms with E-state index in [0.29, 0.717) is 74.3 Å². The number of rotatable bonds is 52. The predicted molar refractivity (Wildman–Crippen MR) is 448 cm³/mol. The van der Waals surface area contributed by atoms with E-state index in [1.807, 2.05) is 70.2 Å². The molecule has 5 aromatic rings. The molecule has 1 fully saturated rings. The number of nitrogens with zero attached hydrogens (tertiary/aromatic N) is 6. The number of aliphatic imine (C=N–C) groups is 1. The Morgan fingerprint density at radius 2 is 1.05 bits per heavy atom. The number of phenols is 1. The molecule has 2 aromatic heterocycles. The molecular formula is C83H125N21O14. The monoisotopic (exact) mass is 1640 g/mol. The van der Waals surface area contributed by atoms with E-state index in [1.165, 1.54) is 42.1 Å². The number of imidazole rings is 2. The Hall–Kier alpha value is -11.1. The van der Waals surface area contributed by atoms with Crippen LogP contribution in [0.5, 0.6) is 5.75 Å². The number of carbonyl (C=O) groups excluding carboxylic acids is 9. The third-order valence-electron chi connectivity index (χ3n) is 21.8. The van der Waals surface area contributed by atoms with Crippen molar-refractivity contribution in [1.29, 1.82) is 0 Å². The van der Waals surface area contributed by atoms with Gasteiger partial charge in [0.1, 0.15) is 72.2 Å². The number of aliphatic carboxylic acids is 1. The lowest BCUT2D eigenvalue weighted by Crippen LogP contribution is -2.62. The van der Waals surface area contributed by atoms with Crippen molar-refractivity contribution < 1.29 is 58.2 Å². The van der Waals surface area contributed by atoms with Crippen LogP contribution in [-0.4, -0.2) is 217 Å². The summed E-state index contributed by atoms with van der Waals surface area (Å²) in [6.45, 7) is 23.1. The average Bonchev–Trinajstić information content (AvgIpc) is 1.51. The number of carboxylic acids is 1. The van der Waals surface area contributed by atoms with Crippen LogP contribution in [0.2, 0.25) is 0 Å². The summed E-state index contributed by atoms with van der Waals surface area (Å²) in [6, 6.07) is 9.78. The highest BCUT2D eigenvalue weighted by Crippen LogP contribution is 2.25. The maximum absolute atomic E-state index is 15.4. The van der Waals surface area contributed by atoms with Crippen LogP contribution >= 0.6 is 0 Å². The highest BCUT2D eigenvalue weighted by atomic mass is 16.4. The van der Waals surface area contributed by atoms with Crippen molar-refractivity contribution in [1.82, 2.24) is 83.3 Å². The molecule has 0 spiro atoms. The smallest absolute Gasteiger partial charge is 0.326 e. The molecule has 118 heavy (non-hydrogen) atoms. The molecule has 1 saturated heterocycles. The zero-order valence-corrected chi connectivity index (χ0v) is 70.0. The number of carbonyl (C=O) groups is 10. The molecule has 35 nitrogen and oxygen atoms in total. The van der Waals surface area contributed by atoms with Gasteiger partial charge in [-0.15, -0.1) is 0 Å². The molecule has 3 unspecified atom stereocenters. The first-order chi connectivity index (χ1) is 56.0. The lowest BCUT2D eigenvalue weighted by atomic mass is 9.92. The lowest BCUT2D eigenvalue weighted by molar-refractivity contribution is -0.143.